The van der Waals surface area contributed by atoms with Gasteiger partial charge in [-0.3, -0.25) is 4.98 Å². The third-order valence-corrected chi connectivity index (χ3v) is 2.89. The van der Waals surface area contributed by atoms with Gasteiger partial charge in [0.05, 0.1) is 23.9 Å². The van der Waals surface area contributed by atoms with Crippen LogP contribution in [0.2, 0.25) is 0 Å². The summed E-state index contributed by atoms with van der Waals surface area (Å²) in [6, 6.07) is 5.52. The van der Waals surface area contributed by atoms with Gasteiger partial charge in [-0.15, -0.1) is 0 Å². The number of methoxy groups -OCH3 is 1. The number of anilines is 1. The number of hydrogen-bond donors (Lipinski definition) is 0. The molecule has 7 nitrogen and oxygen atoms in total. The maximum atomic E-state index is 11.7. The van der Waals surface area contributed by atoms with Gasteiger partial charge in [0, 0.05) is 36.3 Å². The molecule has 0 unspecified atom stereocenters. The van der Waals surface area contributed by atoms with Crippen LogP contribution in [0.25, 0.3) is 21.3 Å². The summed E-state index contributed by atoms with van der Waals surface area (Å²) < 4.78 is 4.68. The molecular formula is C13H13N5O2. The highest BCUT2D eigenvalue weighted by Crippen LogP contribution is 2.32. The number of esters is 1. The van der Waals surface area contributed by atoms with E-state index in [2.05, 4.69) is 19.7 Å². The number of carbonyl (C=O) groups is 1. The fourth-order valence-electron chi connectivity index (χ4n) is 1.86. The van der Waals surface area contributed by atoms with Crippen molar-refractivity contribution in [2.45, 2.75) is 0 Å². The van der Waals surface area contributed by atoms with E-state index in [-0.39, 0.29) is 11.3 Å². The Morgan fingerprint density at radius 3 is 2.80 bits per heavy atom. The second kappa shape index (κ2) is 5.46. The molecule has 2 aromatic rings. The minimum absolute atomic E-state index is 0.147. The first-order valence-corrected chi connectivity index (χ1v) is 5.82. The van der Waals surface area contributed by atoms with E-state index in [0.717, 1.165) is 5.69 Å². The Morgan fingerprint density at radius 1 is 1.45 bits per heavy atom. The molecule has 0 saturated carbocycles. The number of pyridine rings is 1. The topological polar surface area (TPSA) is 91.2 Å². The molecule has 7 heteroatoms. The minimum Gasteiger partial charge on any atom is -0.465 e. The first-order valence-electron chi connectivity index (χ1n) is 5.82. The molecule has 0 fully saturated rings. The zero-order valence-electron chi connectivity index (χ0n) is 11.4. The number of fused-ring (bicyclic) bond motifs is 1. The number of benzene rings is 1. The summed E-state index contributed by atoms with van der Waals surface area (Å²) in [4.78, 5) is 20.6. The first-order chi connectivity index (χ1) is 9.58. The Balaban J connectivity index is 2.81. The van der Waals surface area contributed by atoms with Gasteiger partial charge in [0.25, 0.3) is 0 Å². The molecule has 0 aliphatic rings. The van der Waals surface area contributed by atoms with E-state index in [0.29, 0.717) is 10.9 Å². The molecule has 1 aromatic carbocycles. The van der Waals surface area contributed by atoms with Gasteiger partial charge in [0.15, 0.2) is 0 Å². The second-order valence-corrected chi connectivity index (χ2v) is 4.30. The zero-order valence-corrected chi connectivity index (χ0v) is 11.4. The van der Waals surface area contributed by atoms with Gasteiger partial charge >= 0.3 is 5.97 Å². The number of nitrogens with zero attached hydrogens (tertiary/aromatic N) is 5. The molecule has 1 aromatic heterocycles. The van der Waals surface area contributed by atoms with Crippen LogP contribution in [0.4, 0.5) is 11.4 Å². The Kier molecular flexibility index (Phi) is 3.72. The molecule has 102 valence electrons. The number of hydrogen-bond acceptors (Lipinski definition) is 5. The van der Waals surface area contributed by atoms with E-state index < -0.39 is 5.97 Å². The average molecular weight is 271 g/mol. The van der Waals surface area contributed by atoms with Gasteiger partial charge in [-0.25, -0.2) is 4.79 Å². The summed E-state index contributed by atoms with van der Waals surface area (Å²) in [5.41, 5.74) is 10.6. The molecule has 1 heterocycles. The van der Waals surface area contributed by atoms with Crippen molar-refractivity contribution in [3.8, 4) is 0 Å². The van der Waals surface area contributed by atoms with Crippen LogP contribution in [-0.4, -0.2) is 32.2 Å². The summed E-state index contributed by atoms with van der Waals surface area (Å²) in [6.07, 6.45) is 1.35. The van der Waals surface area contributed by atoms with Gasteiger partial charge in [-0.05, 0) is 23.7 Å². The number of azide groups is 1. The fourth-order valence-corrected chi connectivity index (χ4v) is 1.86. The molecule has 20 heavy (non-hydrogen) atoms. The van der Waals surface area contributed by atoms with Gasteiger partial charge in [0.1, 0.15) is 0 Å². The largest absolute Gasteiger partial charge is 0.465 e. The van der Waals surface area contributed by atoms with Crippen LogP contribution < -0.4 is 4.90 Å². The van der Waals surface area contributed by atoms with E-state index in [1.165, 1.54) is 13.3 Å². The predicted molar refractivity (Wildman–Crippen MR) is 76.2 cm³/mol. The summed E-state index contributed by atoms with van der Waals surface area (Å²) in [7, 11) is 5.06. The zero-order chi connectivity index (χ0) is 14.7. The molecule has 2 rings (SSSR count). The molecule has 0 aliphatic carbocycles. The van der Waals surface area contributed by atoms with Gasteiger partial charge in [0.2, 0.25) is 0 Å². The van der Waals surface area contributed by atoms with Crippen LogP contribution in [0, 0.1) is 0 Å². The van der Waals surface area contributed by atoms with Crippen LogP contribution in [0.1, 0.15) is 10.4 Å². The van der Waals surface area contributed by atoms with Crippen LogP contribution in [-0.2, 0) is 4.74 Å². The Labute approximate surface area is 115 Å². The normalized spacial score (nSPS) is 9.95. The third-order valence-electron chi connectivity index (χ3n) is 2.89. The average Bonchev–Trinajstić information content (AvgIpc) is 2.46. The number of aromatic nitrogens is 1. The summed E-state index contributed by atoms with van der Waals surface area (Å²) in [6.45, 7) is 0. The van der Waals surface area contributed by atoms with E-state index >= 15 is 0 Å². The van der Waals surface area contributed by atoms with Gasteiger partial charge < -0.3 is 9.64 Å². The Hall–Kier alpha value is -2.79. The minimum atomic E-state index is -0.586. The molecule has 0 N–H and O–H groups in total. The lowest BCUT2D eigenvalue weighted by atomic mass is 10.1. The van der Waals surface area contributed by atoms with E-state index in [1.807, 2.05) is 37.2 Å². The fraction of sp³-hybridized carbons (Fsp3) is 0.231. The first kappa shape index (κ1) is 13.6. The molecule has 0 radical (unpaired) electrons. The highest BCUT2D eigenvalue weighted by atomic mass is 16.5. The van der Waals surface area contributed by atoms with Crippen molar-refractivity contribution in [2.75, 3.05) is 26.1 Å². The monoisotopic (exact) mass is 271 g/mol. The van der Waals surface area contributed by atoms with E-state index in [4.69, 9.17) is 5.53 Å². The second-order valence-electron chi connectivity index (χ2n) is 4.30. The van der Waals surface area contributed by atoms with Crippen molar-refractivity contribution in [1.82, 2.24) is 4.98 Å². The maximum Gasteiger partial charge on any atom is 0.339 e. The van der Waals surface area contributed by atoms with Crippen LogP contribution in [0.5, 0.6) is 0 Å². The Bertz CT molecular complexity index is 720. The number of rotatable bonds is 3. The van der Waals surface area contributed by atoms with Crippen LogP contribution in [0.3, 0.4) is 0 Å². The summed E-state index contributed by atoms with van der Waals surface area (Å²) in [5, 5.41) is 4.23. The quantitative estimate of drug-likeness (QED) is 0.371. The van der Waals surface area contributed by atoms with Crippen LogP contribution >= 0.6 is 0 Å². The van der Waals surface area contributed by atoms with E-state index in [1.54, 1.807) is 0 Å². The lowest BCUT2D eigenvalue weighted by Gasteiger charge is -2.14. The lowest BCUT2D eigenvalue weighted by Crippen LogP contribution is -2.08. The van der Waals surface area contributed by atoms with Crippen molar-refractivity contribution in [3.63, 3.8) is 0 Å². The van der Waals surface area contributed by atoms with Crippen molar-refractivity contribution < 1.29 is 9.53 Å². The SMILES string of the molecule is COC(=O)c1cnc2ccc(N(C)C)cc2c1N=[N+]=[N-]. The highest BCUT2D eigenvalue weighted by Gasteiger charge is 2.15. The molecule has 0 bridgehead atoms. The third kappa shape index (κ3) is 2.34. The molecular weight excluding hydrogens is 258 g/mol. The maximum absolute atomic E-state index is 11.7. The highest BCUT2D eigenvalue weighted by molar-refractivity contribution is 6.04. The van der Waals surface area contributed by atoms with Gasteiger partial charge in [-0.2, -0.15) is 0 Å². The molecule has 0 saturated heterocycles. The Morgan fingerprint density at radius 2 is 2.20 bits per heavy atom. The smallest absolute Gasteiger partial charge is 0.339 e. The van der Waals surface area contributed by atoms with Gasteiger partial charge in [-0.1, -0.05) is 5.11 Å². The summed E-state index contributed by atoms with van der Waals surface area (Å²) in [5.74, 6) is -0.586. The molecule has 0 aliphatic heterocycles. The number of carbonyl (C=O) groups excluding carboxylic acids is 1. The standard InChI is InChI=1S/C13H13N5O2/c1-18(2)8-4-5-11-9(6-8)12(16-17-14)10(7-15-11)13(19)20-3/h4-7H,1-3H3. The van der Waals surface area contributed by atoms with Crippen LogP contribution in [0.15, 0.2) is 29.5 Å². The molecule has 0 spiro atoms. The van der Waals surface area contributed by atoms with Crippen molar-refractivity contribution in [3.05, 3.63) is 40.4 Å². The van der Waals surface area contributed by atoms with Crippen molar-refractivity contribution >= 4 is 28.2 Å². The molecule has 0 amide bonds. The van der Waals surface area contributed by atoms with Crippen molar-refractivity contribution in [1.29, 1.82) is 0 Å². The van der Waals surface area contributed by atoms with Crippen molar-refractivity contribution in [2.24, 2.45) is 5.11 Å². The number of ether oxygens (including phenoxy) is 1. The predicted octanol–water partition coefficient (Wildman–Crippen LogP) is 3.03. The molecule has 0 atom stereocenters. The van der Waals surface area contributed by atoms with E-state index in [9.17, 15) is 4.79 Å². The lowest BCUT2D eigenvalue weighted by molar-refractivity contribution is 0.0601. The summed E-state index contributed by atoms with van der Waals surface area (Å²) >= 11 is 0.